The van der Waals surface area contributed by atoms with Crippen molar-refractivity contribution >= 4 is 40.9 Å². The maximum atomic E-state index is 13.8. The van der Waals surface area contributed by atoms with Crippen LogP contribution < -0.4 is 35.6 Å². The first-order valence-corrected chi connectivity index (χ1v) is 22.6. The van der Waals surface area contributed by atoms with Crippen molar-refractivity contribution in [2.75, 3.05) is 44.7 Å². The van der Waals surface area contributed by atoms with E-state index >= 15 is 0 Å². The Labute approximate surface area is 389 Å². The summed E-state index contributed by atoms with van der Waals surface area (Å²) in [6.07, 6.45) is 5.78. The summed E-state index contributed by atoms with van der Waals surface area (Å²) in [7, 11) is 1.65. The molecule has 2 saturated heterocycles. The molecule has 2 atom stereocenters. The highest BCUT2D eigenvalue weighted by atomic mass is 35.5. The largest absolute Gasteiger partial charge is 0.488 e. The molecule has 8 rings (SSSR count). The van der Waals surface area contributed by atoms with Crippen molar-refractivity contribution < 1.29 is 28.7 Å². The maximum absolute atomic E-state index is 13.8. The van der Waals surface area contributed by atoms with Crippen molar-refractivity contribution in [1.29, 1.82) is 5.26 Å². The number of anilines is 1. The van der Waals surface area contributed by atoms with Gasteiger partial charge in [-0.3, -0.25) is 24.2 Å². The van der Waals surface area contributed by atoms with E-state index in [2.05, 4.69) is 58.3 Å². The monoisotopic (exact) mass is 908 g/mol. The molecule has 4 amide bonds. The number of nitriles is 1. The quantitative estimate of drug-likeness (QED) is 0.0767. The average Bonchev–Trinajstić information content (AvgIpc) is 3.92. The van der Waals surface area contributed by atoms with Gasteiger partial charge in [0.1, 0.15) is 37.3 Å². The van der Waals surface area contributed by atoms with Crippen LogP contribution in [0.5, 0.6) is 11.5 Å². The van der Waals surface area contributed by atoms with Crippen LogP contribution in [-0.2, 0) is 34.1 Å². The van der Waals surface area contributed by atoms with Crippen molar-refractivity contribution in [3.8, 4) is 39.8 Å². The number of pyridine rings is 1. The number of ether oxygens (including phenoxy) is 2. The smallest absolute Gasteiger partial charge is 0.256 e. The maximum Gasteiger partial charge on any atom is 0.256 e. The molecule has 0 bridgehead atoms. The zero-order valence-electron chi connectivity index (χ0n) is 37.3. The number of hydrogen-bond donors (Lipinski definition) is 4. The van der Waals surface area contributed by atoms with Crippen molar-refractivity contribution in [1.82, 2.24) is 31.2 Å². The predicted molar refractivity (Wildman–Crippen MR) is 252 cm³/mol. The predicted octanol–water partition coefficient (Wildman–Crippen LogP) is 6.37. The van der Waals surface area contributed by atoms with E-state index in [9.17, 15) is 24.4 Å². The number of likely N-dealkylation sites (N-methyl/N-ethyl adjacent to an activating group) is 1. The second-order valence-corrected chi connectivity index (χ2v) is 17.5. The number of halogens is 1. The van der Waals surface area contributed by atoms with E-state index in [0.29, 0.717) is 78.9 Å². The Morgan fingerprint density at radius 2 is 1.48 bits per heavy atom. The molecule has 0 spiro atoms. The SMILES string of the molecule is Cc1c(COc2cc(OCc3cncc(C#N)c3)c(CNC[C@H]3CCC(=O)N3)cc2Cl)cccc1-c1cccc(-c2ccc3c(c2)C(=O)N(C)CC(=O)N3CCNC[C@H]2CCC(=O)N2)c1C. The first-order valence-electron chi connectivity index (χ1n) is 22.3. The molecule has 1 aromatic heterocycles. The van der Waals surface area contributed by atoms with Gasteiger partial charge in [-0.05, 0) is 89.9 Å². The number of amides is 4. The summed E-state index contributed by atoms with van der Waals surface area (Å²) in [5.41, 5.74) is 9.95. The van der Waals surface area contributed by atoms with Crippen molar-refractivity contribution in [3.63, 3.8) is 0 Å². The molecule has 0 aliphatic carbocycles. The third kappa shape index (κ3) is 10.5. The number of rotatable bonds is 17. The molecule has 14 nitrogen and oxygen atoms in total. The zero-order valence-corrected chi connectivity index (χ0v) is 38.1. The number of carbonyl (C=O) groups is 4. The number of carbonyl (C=O) groups excluding carboxylic acids is 4. The number of hydrogen-bond acceptors (Lipinski definition) is 10. The summed E-state index contributed by atoms with van der Waals surface area (Å²) in [6, 6.07) is 25.6. The van der Waals surface area contributed by atoms with Gasteiger partial charge in [0.2, 0.25) is 17.7 Å². The number of aromatic nitrogens is 1. The lowest BCUT2D eigenvalue weighted by molar-refractivity contribution is -0.120. The second-order valence-electron chi connectivity index (χ2n) is 17.1. The summed E-state index contributed by atoms with van der Waals surface area (Å²) in [5, 5.41) is 22.5. The van der Waals surface area contributed by atoms with Gasteiger partial charge in [-0.25, -0.2) is 0 Å². The molecule has 4 N–H and O–H groups in total. The summed E-state index contributed by atoms with van der Waals surface area (Å²) < 4.78 is 12.8. The molecule has 0 unspecified atom stereocenters. The molecule has 66 heavy (non-hydrogen) atoms. The first kappa shape index (κ1) is 45.8. The molecule has 340 valence electrons. The fourth-order valence-corrected chi connectivity index (χ4v) is 9.08. The number of nitrogens with zero attached hydrogens (tertiary/aromatic N) is 4. The van der Waals surface area contributed by atoms with Gasteiger partial charge in [0, 0.05) is 94.3 Å². The van der Waals surface area contributed by atoms with Crippen LogP contribution in [-0.4, -0.2) is 85.4 Å². The molecule has 0 radical (unpaired) electrons. The molecule has 4 heterocycles. The van der Waals surface area contributed by atoms with Gasteiger partial charge >= 0.3 is 0 Å². The fraction of sp³-hybridized carbons (Fsp3) is 0.333. The van der Waals surface area contributed by atoms with Crippen LogP contribution >= 0.6 is 11.6 Å². The zero-order chi connectivity index (χ0) is 46.3. The van der Waals surface area contributed by atoms with Gasteiger partial charge in [0.05, 0.1) is 21.8 Å². The standard InChI is InChI=1S/C51H53ClN8O6/c1-31-36(30-66-47-21-46(65-29-34-18-33(22-53)23-55-24-34)37(20-44(47)52)25-56-27-39-12-15-49(62)58-39)6-4-8-41(31)42-9-5-7-40(32(42)2)35-10-13-45-43(19-35)51(64)59(3)28-50(63)60(45)17-16-54-26-38-11-14-48(61)57-38/h4-10,13,18-21,23-24,38-39,54,56H,11-12,14-17,25-30H2,1-3H3,(H,57,61)(H,58,62)/t38-,39-/m1/s1. The molecule has 0 saturated carbocycles. The van der Waals surface area contributed by atoms with E-state index in [1.165, 1.54) is 11.1 Å². The Kier molecular flexibility index (Phi) is 14.3. The normalized spacial score (nSPS) is 17.0. The number of benzene rings is 4. The highest BCUT2D eigenvalue weighted by Crippen LogP contribution is 2.38. The van der Waals surface area contributed by atoms with E-state index in [-0.39, 0.29) is 55.5 Å². The third-order valence-electron chi connectivity index (χ3n) is 12.5. The minimum absolute atomic E-state index is 0.0281. The van der Waals surface area contributed by atoms with Gasteiger partial charge in [-0.15, -0.1) is 0 Å². The van der Waals surface area contributed by atoms with Crippen LogP contribution in [0.15, 0.2) is 85.2 Å². The molecule has 4 aromatic carbocycles. The molecular formula is C51H53ClN8O6. The van der Waals surface area contributed by atoms with Gasteiger partial charge < -0.3 is 40.5 Å². The van der Waals surface area contributed by atoms with E-state index in [1.807, 2.05) is 48.5 Å². The van der Waals surface area contributed by atoms with Gasteiger partial charge in [-0.1, -0.05) is 54.1 Å². The Hall–Kier alpha value is -6.79. The Balaban J connectivity index is 1.00. The summed E-state index contributed by atoms with van der Waals surface area (Å²) in [6.45, 7) is 7.07. The van der Waals surface area contributed by atoms with Crippen LogP contribution in [0.1, 0.15) is 69.4 Å². The number of nitrogens with one attached hydrogen (secondary N) is 4. The van der Waals surface area contributed by atoms with E-state index < -0.39 is 0 Å². The third-order valence-corrected chi connectivity index (χ3v) is 12.8. The topological polar surface area (TPSA) is 178 Å². The fourth-order valence-electron chi connectivity index (χ4n) is 8.84. The van der Waals surface area contributed by atoms with Crippen molar-refractivity contribution in [2.45, 2.75) is 71.4 Å². The first-order chi connectivity index (χ1) is 31.9. The highest BCUT2D eigenvalue weighted by Gasteiger charge is 2.31. The van der Waals surface area contributed by atoms with Crippen molar-refractivity contribution in [3.05, 3.63) is 129 Å². The van der Waals surface area contributed by atoms with E-state index in [0.717, 1.165) is 62.9 Å². The summed E-state index contributed by atoms with van der Waals surface area (Å²) in [5.74, 6) is 0.756. The minimum atomic E-state index is -0.218. The van der Waals surface area contributed by atoms with Crippen molar-refractivity contribution in [2.24, 2.45) is 0 Å². The highest BCUT2D eigenvalue weighted by molar-refractivity contribution is 6.32. The summed E-state index contributed by atoms with van der Waals surface area (Å²) >= 11 is 6.88. The molecule has 3 aliphatic rings. The van der Waals surface area contributed by atoms with Crippen LogP contribution in [0.25, 0.3) is 22.3 Å². The van der Waals surface area contributed by atoms with Gasteiger partial charge in [-0.2, -0.15) is 5.26 Å². The molecule has 15 heteroatoms. The summed E-state index contributed by atoms with van der Waals surface area (Å²) in [4.78, 5) is 57.9. The molecular weight excluding hydrogens is 856 g/mol. The number of fused-ring (bicyclic) bond motifs is 1. The van der Waals surface area contributed by atoms with Gasteiger partial charge in [0.25, 0.3) is 5.91 Å². The van der Waals surface area contributed by atoms with Crippen LogP contribution in [0, 0.1) is 25.2 Å². The Bertz CT molecular complexity index is 2720. The Morgan fingerprint density at radius 1 is 0.788 bits per heavy atom. The van der Waals surface area contributed by atoms with Crippen LogP contribution in [0.2, 0.25) is 5.02 Å². The lowest BCUT2D eigenvalue weighted by Crippen LogP contribution is -2.43. The van der Waals surface area contributed by atoms with Crippen LogP contribution in [0.3, 0.4) is 0 Å². The minimum Gasteiger partial charge on any atom is -0.488 e. The average molecular weight is 909 g/mol. The molecule has 3 aliphatic heterocycles. The molecule has 2 fully saturated rings. The molecule has 5 aromatic rings. The second kappa shape index (κ2) is 20.6. The Morgan fingerprint density at radius 3 is 2.21 bits per heavy atom. The lowest BCUT2D eigenvalue weighted by Gasteiger charge is -2.23. The van der Waals surface area contributed by atoms with E-state index in [4.69, 9.17) is 21.1 Å². The van der Waals surface area contributed by atoms with Gasteiger partial charge in [0.15, 0.2) is 0 Å². The lowest BCUT2D eigenvalue weighted by atomic mass is 9.89. The van der Waals surface area contributed by atoms with E-state index in [1.54, 1.807) is 30.3 Å². The van der Waals surface area contributed by atoms with Crippen LogP contribution in [0.4, 0.5) is 5.69 Å².